The summed E-state index contributed by atoms with van der Waals surface area (Å²) in [6, 6.07) is 11.1. The number of anilines is 1. The number of carbonyl (C=O) groups excluding carboxylic acids is 1. The fraction of sp³-hybridized carbons (Fsp3) is 0.480. The van der Waals surface area contributed by atoms with Crippen LogP contribution in [-0.2, 0) is 4.79 Å². The second-order valence-corrected chi connectivity index (χ2v) is 9.45. The van der Waals surface area contributed by atoms with Gasteiger partial charge < -0.3 is 29.4 Å². The number of piperazine rings is 1. The minimum absolute atomic E-state index is 0.0927. The van der Waals surface area contributed by atoms with E-state index in [0.717, 1.165) is 36.8 Å². The number of aliphatic hydroxyl groups is 1. The van der Waals surface area contributed by atoms with Gasteiger partial charge in [0.2, 0.25) is 5.91 Å². The number of β-amino-alcohol motifs (C(OH)–C–C–N with tert-alkyl or cyclic N) is 1. The number of nitrogens with zero attached hydrogens (tertiary/aromatic N) is 2. The molecule has 1 saturated heterocycles. The van der Waals surface area contributed by atoms with Gasteiger partial charge in [0, 0.05) is 61.5 Å². The Bertz CT molecular complexity index is 992. The summed E-state index contributed by atoms with van der Waals surface area (Å²) < 4.78 is 22.4. The van der Waals surface area contributed by atoms with Crippen molar-refractivity contribution in [3.05, 3.63) is 36.4 Å². The molecule has 2 N–H and O–H groups in total. The number of methoxy groups -OCH3 is 2. The molecule has 2 unspecified atom stereocenters. The number of aliphatic hydroxyl groups excluding tert-OH is 1. The van der Waals surface area contributed by atoms with Crippen LogP contribution >= 0.6 is 11.8 Å². The molecular formula is C25H33N3O6S. The van der Waals surface area contributed by atoms with Crippen LogP contribution in [0.3, 0.4) is 0 Å². The summed E-state index contributed by atoms with van der Waals surface area (Å²) in [5, 5.41) is 13.7. The smallest absolute Gasteiger partial charge is 0.238 e. The molecule has 35 heavy (non-hydrogen) atoms. The van der Waals surface area contributed by atoms with E-state index in [-0.39, 0.29) is 5.91 Å². The van der Waals surface area contributed by atoms with Gasteiger partial charge >= 0.3 is 0 Å². The van der Waals surface area contributed by atoms with Crippen molar-refractivity contribution in [1.29, 1.82) is 0 Å². The number of fused-ring (bicyclic) bond motifs is 1. The summed E-state index contributed by atoms with van der Waals surface area (Å²) in [6.07, 6.45) is 0.940. The van der Waals surface area contributed by atoms with Gasteiger partial charge in [0.25, 0.3) is 0 Å². The number of hydrogen-bond acceptors (Lipinski definition) is 9. The van der Waals surface area contributed by atoms with Gasteiger partial charge in [0.05, 0.1) is 20.8 Å². The van der Waals surface area contributed by atoms with Crippen molar-refractivity contribution in [3.63, 3.8) is 0 Å². The molecule has 9 nitrogen and oxygen atoms in total. The highest BCUT2D eigenvalue weighted by Gasteiger charge is 2.30. The van der Waals surface area contributed by atoms with Crippen molar-refractivity contribution in [3.8, 4) is 23.0 Å². The van der Waals surface area contributed by atoms with Crippen molar-refractivity contribution in [1.82, 2.24) is 9.80 Å². The van der Waals surface area contributed by atoms with Gasteiger partial charge in [-0.3, -0.25) is 14.6 Å². The van der Waals surface area contributed by atoms with E-state index in [1.54, 1.807) is 44.2 Å². The van der Waals surface area contributed by atoms with Crippen molar-refractivity contribution >= 4 is 23.4 Å². The lowest BCUT2D eigenvalue weighted by molar-refractivity contribution is -0.117. The standard InChI is InChI=1S/C25H33N3O6S/c1-31-18-10-17(11-19(12-18)32-2)26-25(30)15-28-8-6-27(7-9-28)14-21(29)24-16-33-23-13-20(35-3)4-5-22(23)34-24/h4-5,10-13,21,24,29H,6-9,14-16H2,1-3H3,(H,26,30). The molecule has 1 fully saturated rings. The normalized spacial score (nSPS) is 19.1. The van der Waals surface area contributed by atoms with E-state index in [1.165, 1.54) is 0 Å². The van der Waals surface area contributed by atoms with Crippen LogP contribution in [0.1, 0.15) is 0 Å². The molecule has 2 aromatic carbocycles. The third-order valence-corrected chi connectivity index (χ3v) is 6.90. The number of amides is 1. The summed E-state index contributed by atoms with van der Waals surface area (Å²) in [4.78, 5) is 18.0. The molecule has 0 bridgehead atoms. The van der Waals surface area contributed by atoms with Crippen LogP contribution in [0.5, 0.6) is 23.0 Å². The maximum atomic E-state index is 12.6. The Morgan fingerprint density at radius 1 is 1.09 bits per heavy atom. The van der Waals surface area contributed by atoms with Crippen LogP contribution in [0.15, 0.2) is 41.3 Å². The minimum Gasteiger partial charge on any atom is -0.497 e. The molecule has 2 heterocycles. The van der Waals surface area contributed by atoms with Crippen LogP contribution in [0.25, 0.3) is 0 Å². The van der Waals surface area contributed by atoms with Gasteiger partial charge in [-0.1, -0.05) is 0 Å². The van der Waals surface area contributed by atoms with E-state index >= 15 is 0 Å². The molecule has 2 aliphatic rings. The van der Waals surface area contributed by atoms with Gasteiger partial charge in [0.1, 0.15) is 24.2 Å². The van der Waals surface area contributed by atoms with E-state index in [0.29, 0.717) is 42.6 Å². The van der Waals surface area contributed by atoms with Gasteiger partial charge in [-0.25, -0.2) is 0 Å². The zero-order valence-corrected chi connectivity index (χ0v) is 21.2. The van der Waals surface area contributed by atoms with E-state index in [2.05, 4.69) is 15.1 Å². The van der Waals surface area contributed by atoms with Crippen molar-refractivity contribution in [2.75, 3.05) is 71.7 Å². The second-order valence-electron chi connectivity index (χ2n) is 8.57. The first-order chi connectivity index (χ1) is 17.0. The van der Waals surface area contributed by atoms with Gasteiger partial charge in [-0.2, -0.15) is 0 Å². The fourth-order valence-electron chi connectivity index (χ4n) is 4.18. The number of ether oxygens (including phenoxy) is 4. The van der Waals surface area contributed by atoms with Crippen molar-refractivity contribution in [2.24, 2.45) is 0 Å². The first-order valence-electron chi connectivity index (χ1n) is 11.6. The van der Waals surface area contributed by atoms with E-state index in [9.17, 15) is 9.90 Å². The number of rotatable bonds is 9. The first kappa shape index (κ1) is 25.4. The highest BCUT2D eigenvalue weighted by atomic mass is 32.2. The van der Waals surface area contributed by atoms with Crippen molar-refractivity contribution in [2.45, 2.75) is 17.1 Å². The Labute approximate surface area is 210 Å². The Balaban J connectivity index is 1.21. The SMILES string of the molecule is COc1cc(NC(=O)CN2CCN(CC(O)C3COc4cc(SC)ccc4O3)CC2)cc(OC)c1. The average molecular weight is 504 g/mol. The zero-order valence-electron chi connectivity index (χ0n) is 20.4. The molecule has 4 rings (SSSR count). The molecule has 190 valence electrons. The topological polar surface area (TPSA) is 92.7 Å². The lowest BCUT2D eigenvalue weighted by atomic mass is 10.1. The zero-order chi connectivity index (χ0) is 24.8. The predicted octanol–water partition coefficient (Wildman–Crippen LogP) is 2.18. The molecular weight excluding hydrogens is 470 g/mol. The third-order valence-electron chi connectivity index (χ3n) is 6.17. The number of hydrogen-bond donors (Lipinski definition) is 2. The molecule has 1 amide bonds. The van der Waals surface area contributed by atoms with Gasteiger partial charge in [-0.05, 0) is 24.5 Å². The monoisotopic (exact) mass is 503 g/mol. The van der Waals surface area contributed by atoms with E-state index in [1.807, 2.05) is 24.5 Å². The number of nitrogens with one attached hydrogen (secondary N) is 1. The van der Waals surface area contributed by atoms with Gasteiger partial charge in [0.15, 0.2) is 17.6 Å². The Kier molecular flexibility index (Phi) is 8.61. The van der Waals surface area contributed by atoms with E-state index in [4.69, 9.17) is 18.9 Å². The van der Waals surface area contributed by atoms with Gasteiger partial charge in [-0.15, -0.1) is 11.8 Å². The number of carbonyl (C=O) groups is 1. The number of thioether (sulfide) groups is 1. The molecule has 0 aliphatic carbocycles. The lowest BCUT2D eigenvalue weighted by Crippen LogP contribution is -2.53. The average Bonchev–Trinajstić information content (AvgIpc) is 2.88. The molecule has 2 aliphatic heterocycles. The van der Waals surface area contributed by atoms with E-state index < -0.39 is 12.2 Å². The van der Waals surface area contributed by atoms with Crippen LogP contribution in [-0.4, -0.2) is 99.4 Å². The highest BCUT2D eigenvalue weighted by molar-refractivity contribution is 7.98. The molecule has 0 radical (unpaired) electrons. The van der Waals surface area contributed by atoms with Crippen LogP contribution in [0, 0.1) is 0 Å². The number of benzene rings is 2. The molecule has 0 spiro atoms. The summed E-state index contributed by atoms with van der Waals surface area (Å²) in [5.74, 6) is 2.53. The largest absolute Gasteiger partial charge is 0.497 e. The van der Waals surface area contributed by atoms with Crippen LogP contribution < -0.4 is 24.3 Å². The summed E-state index contributed by atoms with van der Waals surface area (Å²) in [5.41, 5.74) is 0.633. The molecule has 0 saturated carbocycles. The molecule has 2 aromatic rings. The Morgan fingerprint density at radius 3 is 2.43 bits per heavy atom. The maximum Gasteiger partial charge on any atom is 0.238 e. The highest BCUT2D eigenvalue weighted by Crippen LogP contribution is 2.35. The summed E-state index contributed by atoms with van der Waals surface area (Å²) in [6.45, 7) is 4.12. The first-order valence-corrected chi connectivity index (χ1v) is 12.8. The van der Waals surface area contributed by atoms with Crippen molar-refractivity contribution < 1.29 is 28.8 Å². The maximum absolute atomic E-state index is 12.6. The summed E-state index contributed by atoms with van der Waals surface area (Å²) >= 11 is 1.65. The molecule has 2 atom stereocenters. The quantitative estimate of drug-likeness (QED) is 0.500. The third kappa shape index (κ3) is 6.72. The Hall–Kier alpha value is -2.66. The van der Waals surface area contributed by atoms with Crippen LogP contribution in [0.2, 0.25) is 0 Å². The fourth-order valence-corrected chi connectivity index (χ4v) is 4.61. The predicted molar refractivity (Wildman–Crippen MR) is 135 cm³/mol. The Morgan fingerprint density at radius 2 is 1.77 bits per heavy atom. The minimum atomic E-state index is -0.665. The van der Waals surface area contributed by atoms with Crippen LogP contribution in [0.4, 0.5) is 5.69 Å². The summed E-state index contributed by atoms with van der Waals surface area (Å²) in [7, 11) is 3.15. The molecule has 0 aromatic heterocycles. The lowest BCUT2D eigenvalue weighted by Gasteiger charge is -2.37. The molecule has 10 heteroatoms. The second kappa shape index (κ2) is 11.9.